The Morgan fingerprint density at radius 3 is 2.62 bits per heavy atom. The smallest absolute Gasteiger partial charge is 0.142 e. The van der Waals surface area contributed by atoms with Crippen LogP contribution in [0.5, 0.6) is 0 Å². The van der Waals surface area contributed by atoms with Gasteiger partial charge in [-0.3, -0.25) is 0 Å². The minimum absolute atomic E-state index is 0.00269. The van der Waals surface area contributed by atoms with Crippen LogP contribution < -0.4 is 14.9 Å². The van der Waals surface area contributed by atoms with Gasteiger partial charge in [0.05, 0.1) is 15.7 Å². The Balaban J connectivity index is 1.51. The van der Waals surface area contributed by atoms with Crippen molar-refractivity contribution < 1.29 is 4.39 Å². The lowest BCUT2D eigenvalue weighted by Gasteiger charge is -2.28. The second-order valence-corrected chi connectivity index (χ2v) is 8.02. The summed E-state index contributed by atoms with van der Waals surface area (Å²) in [5.41, 5.74) is 0.869. The van der Waals surface area contributed by atoms with Gasteiger partial charge in [0, 0.05) is 43.7 Å². The van der Waals surface area contributed by atoms with Gasteiger partial charge in [-0.15, -0.1) is 0 Å². The van der Waals surface area contributed by atoms with Crippen molar-refractivity contribution in [3.8, 4) is 11.3 Å². The third-order valence-electron chi connectivity index (χ3n) is 4.46. The second kappa shape index (κ2) is 9.17. The molecule has 0 saturated carbocycles. The summed E-state index contributed by atoms with van der Waals surface area (Å²) in [6, 6.07) is 14.0. The van der Waals surface area contributed by atoms with Gasteiger partial charge in [-0.05, 0) is 30.3 Å². The fourth-order valence-electron chi connectivity index (χ4n) is 3.01. The summed E-state index contributed by atoms with van der Waals surface area (Å²) < 4.78 is 17.0. The van der Waals surface area contributed by atoms with Crippen molar-refractivity contribution in [1.29, 1.82) is 0 Å². The zero-order valence-electron chi connectivity index (χ0n) is 15.3. The van der Waals surface area contributed by atoms with Crippen molar-refractivity contribution in [2.45, 2.75) is 5.03 Å². The van der Waals surface area contributed by atoms with Gasteiger partial charge in [0.2, 0.25) is 0 Å². The van der Waals surface area contributed by atoms with Gasteiger partial charge in [-0.2, -0.15) is 0 Å². The lowest BCUT2D eigenvalue weighted by atomic mass is 10.1. The van der Waals surface area contributed by atoms with E-state index in [-0.39, 0.29) is 5.02 Å². The van der Waals surface area contributed by atoms with Crippen molar-refractivity contribution >= 4 is 46.8 Å². The topological polar surface area (TPSA) is 53.1 Å². The lowest BCUT2D eigenvalue weighted by Crippen LogP contribution is -2.43. The van der Waals surface area contributed by atoms with Gasteiger partial charge >= 0.3 is 0 Å². The maximum absolute atomic E-state index is 13.8. The molecule has 4 rings (SSSR count). The average molecular weight is 450 g/mol. The van der Waals surface area contributed by atoms with Crippen LogP contribution in [0.2, 0.25) is 10.0 Å². The maximum Gasteiger partial charge on any atom is 0.142 e. The zero-order chi connectivity index (χ0) is 20.2. The van der Waals surface area contributed by atoms with Crippen LogP contribution in [0.25, 0.3) is 11.3 Å². The average Bonchev–Trinajstić information content (AvgIpc) is 2.76. The molecule has 3 aromatic rings. The molecule has 9 heteroatoms. The first-order chi connectivity index (χ1) is 14.1. The normalized spacial score (nSPS) is 14.1. The predicted octanol–water partition coefficient (Wildman–Crippen LogP) is 5.12. The molecule has 1 aliphatic heterocycles. The molecule has 150 valence electrons. The quantitative estimate of drug-likeness (QED) is 0.527. The Morgan fingerprint density at radius 2 is 1.79 bits per heavy atom. The molecule has 2 aromatic heterocycles. The third kappa shape index (κ3) is 4.75. The Hall–Kier alpha value is -2.06. The molecule has 0 atom stereocenters. The van der Waals surface area contributed by atoms with E-state index in [4.69, 9.17) is 28.2 Å². The Labute approximate surface area is 182 Å². The minimum Gasteiger partial charge on any atom is -0.354 e. The predicted molar refractivity (Wildman–Crippen MR) is 118 cm³/mol. The molecule has 0 unspecified atom stereocenters. The third-order valence-corrected chi connectivity index (χ3v) is 5.90. The van der Waals surface area contributed by atoms with E-state index in [9.17, 15) is 4.39 Å². The van der Waals surface area contributed by atoms with Crippen LogP contribution in [-0.4, -0.2) is 36.1 Å². The van der Waals surface area contributed by atoms with Crippen LogP contribution in [0, 0.1) is 5.82 Å². The number of hydrogen-bond donors (Lipinski definition) is 2. The lowest BCUT2D eigenvalue weighted by molar-refractivity contribution is 0.584. The highest BCUT2D eigenvalue weighted by atomic mass is 35.5. The standard InChI is InChI=1S/C20H18Cl2FN5S/c21-14-7-8-16(25-20(14)13-3-1-4-15(23)19(13)22)27-29-18-6-2-5-17(26-18)28-11-9-24-10-12-28/h1-8,24H,9-12H2,(H,25,27). The number of nitrogens with zero attached hydrogens (tertiary/aromatic N) is 3. The molecular weight excluding hydrogens is 432 g/mol. The molecule has 1 fully saturated rings. The van der Waals surface area contributed by atoms with Crippen LogP contribution in [0.3, 0.4) is 0 Å². The second-order valence-electron chi connectivity index (χ2n) is 6.40. The molecule has 1 aliphatic rings. The van der Waals surface area contributed by atoms with E-state index >= 15 is 0 Å². The summed E-state index contributed by atoms with van der Waals surface area (Å²) in [5.74, 6) is 1.02. The van der Waals surface area contributed by atoms with Crippen molar-refractivity contribution in [2.75, 3.05) is 35.8 Å². The summed E-state index contributed by atoms with van der Waals surface area (Å²) in [7, 11) is 0. The van der Waals surface area contributed by atoms with E-state index < -0.39 is 5.82 Å². The van der Waals surface area contributed by atoms with Gasteiger partial charge in [-0.1, -0.05) is 41.4 Å². The van der Waals surface area contributed by atoms with Crippen molar-refractivity contribution in [3.05, 3.63) is 64.4 Å². The molecule has 0 spiro atoms. The van der Waals surface area contributed by atoms with Gasteiger partial charge in [-0.25, -0.2) is 14.4 Å². The van der Waals surface area contributed by atoms with Crippen LogP contribution in [0.15, 0.2) is 53.6 Å². The highest BCUT2D eigenvalue weighted by Crippen LogP contribution is 2.34. The van der Waals surface area contributed by atoms with E-state index in [1.165, 1.54) is 18.0 Å². The SMILES string of the molecule is Fc1cccc(-c2nc(NSc3cccc(N4CCNCC4)n3)ccc2Cl)c1Cl. The summed E-state index contributed by atoms with van der Waals surface area (Å²) in [5, 5.41) is 4.55. The highest BCUT2D eigenvalue weighted by molar-refractivity contribution is 8.00. The van der Waals surface area contributed by atoms with Gasteiger partial charge < -0.3 is 14.9 Å². The molecule has 0 radical (unpaired) electrons. The first-order valence-corrected chi connectivity index (χ1v) is 10.7. The number of nitrogens with one attached hydrogen (secondary N) is 2. The monoisotopic (exact) mass is 449 g/mol. The minimum atomic E-state index is -0.510. The fourth-order valence-corrected chi connectivity index (χ4v) is 4.04. The van der Waals surface area contributed by atoms with Crippen molar-refractivity contribution in [3.63, 3.8) is 0 Å². The molecule has 0 bridgehead atoms. The zero-order valence-corrected chi connectivity index (χ0v) is 17.7. The number of hydrogen-bond acceptors (Lipinski definition) is 6. The van der Waals surface area contributed by atoms with Gasteiger partial charge in [0.25, 0.3) is 0 Å². The molecule has 2 N–H and O–H groups in total. The summed E-state index contributed by atoms with van der Waals surface area (Å²) in [6.07, 6.45) is 0. The number of piperazine rings is 1. The molecule has 29 heavy (non-hydrogen) atoms. The van der Waals surface area contributed by atoms with Crippen LogP contribution in [-0.2, 0) is 0 Å². The highest BCUT2D eigenvalue weighted by Gasteiger charge is 2.14. The van der Waals surface area contributed by atoms with Crippen molar-refractivity contribution in [1.82, 2.24) is 15.3 Å². The maximum atomic E-state index is 13.8. The molecule has 1 saturated heterocycles. The Bertz CT molecular complexity index is 1010. The van der Waals surface area contributed by atoms with E-state index in [1.54, 1.807) is 24.3 Å². The Morgan fingerprint density at radius 1 is 1.00 bits per heavy atom. The number of benzene rings is 1. The molecule has 3 heterocycles. The van der Waals surface area contributed by atoms with E-state index in [2.05, 4.69) is 19.9 Å². The largest absolute Gasteiger partial charge is 0.354 e. The number of halogens is 3. The molecule has 0 amide bonds. The van der Waals surface area contributed by atoms with Crippen molar-refractivity contribution in [2.24, 2.45) is 0 Å². The van der Waals surface area contributed by atoms with Crippen LogP contribution in [0.1, 0.15) is 0 Å². The molecule has 0 aliphatic carbocycles. The number of rotatable bonds is 5. The number of pyridine rings is 2. The molecular formula is C20H18Cl2FN5S. The molecule has 5 nitrogen and oxygen atoms in total. The first kappa shape index (κ1) is 20.2. The van der Waals surface area contributed by atoms with Crippen LogP contribution >= 0.6 is 35.1 Å². The van der Waals surface area contributed by atoms with E-state index in [0.717, 1.165) is 37.0 Å². The number of anilines is 2. The fraction of sp³-hybridized carbons (Fsp3) is 0.200. The summed E-state index contributed by atoms with van der Waals surface area (Å²) in [4.78, 5) is 11.5. The van der Waals surface area contributed by atoms with Gasteiger partial charge in [0.1, 0.15) is 22.5 Å². The Kier molecular flexibility index (Phi) is 6.40. The number of aromatic nitrogens is 2. The summed E-state index contributed by atoms with van der Waals surface area (Å²) >= 11 is 13.7. The molecule has 1 aromatic carbocycles. The van der Waals surface area contributed by atoms with E-state index in [0.29, 0.717) is 22.1 Å². The first-order valence-electron chi connectivity index (χ1n) is 9.08. The van der Waals surface area contributed by atoms with E-state index in [1.807, 2.05) is 18.2 Å². The van der Waals surface area contributed by atoms with Crippen LogP contribution in [0.4, 0.5) is 16.0 Å². The summed E-state index contributed by atoms with van der Waals surface area (Å²) in [6.45, 7) is 3.78. The van der Waals surface area contributed by atoms with Gasteiger partial charge in [0.15, 0.2) is 0 Å².